The first-order chi connectivity index (χ1) is 9.63. The molecule has 2 aliphatic rings. The second kappa shape index (κ2) is 6.95. The second-order valence-electron chi connectivity index (χ2n) is 6.08. The number of hydrogen-bond donors (Lipinski definition) is 2. The van der Waals surface area contributed by atoms with E-state index in [1.807, 2.05) is 11.8 Å². The van der Waals surface area contributed by atoms with Gasteiger partial charge in [-0.3, -0.25) is 0 Å². The standard InChI is InChI=1S/C15H26N2O3/c1-2-6-12(14(18)19)16-15(20)17-10-5-8-11-7-3-4-9-13(11)17/h11-13H,2-10H2,1H3,(H,16,20)(H,18,19)/t11?,12-,13?/m0/s1. The van der Waals surface area contributed by atoms with Crippen LogP contribution in [0.1, 0.15) is 58.3 Å². The van der Waals surface area contributed by atoms with Gasteiger partial charge in [-0.2, -0.15) is 0 Å². The van der Waals surface area contributed by atoms with Gasteiger partial charge in [0.25, 0.3) is 0 Å². The Morgan fingerprint density at radius 3 is 2.65 bits per heavy atom. The molecule has 2 N–H and O–H groups in total. The Morgan fingerprint density at radius 2 is 1.95 bits per heavy atom. The van der Waals surface area contributed by atoms with E-state index in [1.54, 1.807) is 0 Å². The highest BCUT2D eigenvalue weighted by Gasteiger charge is 2.36. The highest BCUT2D eigenvalue weighted by Crippen LogP contribution is 2.35. The molecule has 1 aliphatic heterocycles. The Morgan fingerprint density at radius 1 is 1.25 bits per heavy atom. The van der Waals surface area contributed by atoms with Crippen LogP contribution in [0.4, 0.5) is 4.79 Å². The lowest BCUT2D eigenvalue weighted by atomic mass is 9.78. The highest BCUT2D eigenvalue weighted by atomic mass is 16.4. The number of carbonyl (C=O) groups is 2. The van der Waals surface area contributed by atoms with E-state index in [0.29, 0.717) is 18.4 Å². The number of amides is 2. The van der Waals surface area contributed by atoms with E-state index in [1.165, 1.54) is 25.7 Å². The molecule has 1 saturated heterocycles. The van der Waals surface area contributed by atoms with Crippen LogP contribution < -0.4 is 5.32 Å². The van der Waals surface area contributed by atoms with E-state index >= 15 is 0 Å². The number of hydrogen-bond acceptors (Lipinski definition) is 2. The fraction of sp³-hybridized carbons (Fsp3) is 0.867. The molecule has 2 amide bonds. The summed E-state index contributed by atoms with van der Waals surface area (Å²) in [6.45, 7) is 2.70. The summed E-state index contributed by atoms with van der Waals surface area (Å²) in [7, 11) is 0. The summed E-state index contributed by atoms with van der Waals surface area (Å²) >= 11 is 0. The number of likely N-dealkylation sites (tertiary alicyclic amines) is 1. The summed E-state index contributed by atoms with van der Waals surface area (Å²) in [5.74, 6) is -0.310. The van der Waals surface area contributed by atoms with Crippen molar-refractivity contribution in [2.75, 3.05) is 6.54 Å². The van der Waals surface area contributed by atoms with Gasteiger partial charge in [-0.1, -0.05) is 26.2 Å². The van der Waals surface area contributed by atoms with Gasteiger partial charge < -0.3 is 15.3 Å². The normalized spacial score (nSPS) is 27.6. The zero-order valence-electron chi connectivity index (χ0n) is 12.3. The number of rotatable bonds is 4. The van der Waals surface area contributed by atoms with E-state index < -0.39 is 12.0 Å². The summed E-state index contributed by atoms with van der Waals surface area (Å²) in [4.78, 5) is 25.5. The van der Waals surface area contributed by atoms with Crippen LogP contribution >= 0.6 is 0 Å². The Bertz CT molecular complexity index is 357. The number of aliphatic carboxylic acids is 1. The Kier molecular flexibility index (Phi) is 5.26. The van der Waals surface area contributed by atoms with Gasteiger partial charge in [-0.25, -0.2) is 9.59 Å². The van der Waals surface area contributed by atoms with Crippen molar-refractivity contribution in [1.29, 1.82) is 0 Å². The maximum Gasteiger partial charge on any atom is 0.326 e. The summed E-state index contributed by atoms with van der Waals surface area (Å²) < 4.78 is 0. The first-order valence-electron chi connectivity index (χ1n) is 7.93. The van der Waals surface area contributed by atoms with Crippen LogP contribution in [0.15, 0.2) is 0 Å². The predicted octanol–water partition coefficient (Wildman–Crippen LogP) is 2.60. The zero-order chi connectivity index (χ0) is 14.5. The molecular weight excluding hydrogens is 256 g/mol. The van der Waals surface area contributed by atoms with Crippen LogP contribution in [0, 0.1) is 5.92 Å². The van der Waals surface area contributed by atoms with Crippen molar-refractivity contribution in [2.45, 2.75) is 70.4 Å². The molecular formula is C15H26N2O3. The molecule has 1 saturated carbocycles. The van der Waals surface area contributed by atoms with Gasteiger partial charge in [-0.05, 0) is 38.0 Å². The minimum absolute atomic E-state index is 0.178. The first-order valence-corrected chi connectivity index (χ1v) is 7.93. The van der Waals surface area contributed by atoms with E-state index in [2.05, 4.69) is 5.32 Å². The molecule has 0 spiro atoms. The number of nitrogens with zero attached hydrogens (tertiary/aromatic N) is 1. The maximum absolute atomic E-state index is 12.4. The molecule has 20 heavy (non-hydrogen) atoms. The fourth-order valence-electron chi connectivity index (χ4n) is 3.65. The Balaban J connectivity index is 1.97. The molecule has 1 aliphatic carbocycles. The summed E-state index contributed by atoms with van der Waals surface area (Å²) in [5.41, 5.74) is 0. The highest BCUT2D eigenvalue weighted by molar-refractivity contribution is 5.82. The molecule has 1 heterocycles. The van der Waals surface area contributed by atoms with Crippen LogP contribution in [0.3, 0.4) is 0 Å². The number of carbonyl (C=O) groups excluding carboxylic acids is 1. The smallest absolute Gasteiger partial charge is 0.326 e. The van der Waals surface area contributed by atoms with Crippen molar-refractivity contribution in [3.63, 3.8) is 0 Å². The van der Waals surface area contributed by atoms with E-state index in [-0.39, 0.29) is 6.03 Å². The molecule has 2 unspecified atom stereocenters. The number of nitrogens with one attached hydrogen (secondary N) is 1. The van der Waals surface area contributed by atoms with Crippen molar-refractivity contribution in [3.8, 4) is 0 Å². The average Bonchev–Trinajstić information content (AvgIpc) is 2.46. The summed E-state index contributed by atoms with van der Waals surface area (Å²) in [6, 6.07) is -0.604. The third-order valence-corrected chi connectivity index (χ3v) is 4.68. The molecule has 0 bridgehead atoms. The zero-order valence-corrected chi connectivity index (χ0v) is 12.3. The monoisotopic (exact) mass is 282 g/mol. The molecule has 5 nitrogen and oxygen atoms in total. The molecule has 2 rings (SSSR count). The van der Waals surface area contributed by atoms with Crippen molar-refractivity contribution in [1.82, 2.24) is 10.2 Å². The molecule has 5 heteroatoms. The van der Waals surface area contributed by atoms with Gasteiger partial charge in [-0.15, -0.1) is 0 Å². The minimum Gasteiger partial charge on any atom is -0.480 e. The van der Waals surface area contributed by atoms with Gasteiger partial charge in [0.2, 0.25) is 0 Å². The van der Waals surface area contributed by atoms with Crippen LogP contribution in [0.5, 0.6) is 0 Å². The van der Waals surface area contributed by atoms with Gasteiger partial charge in [0.1, 0.15) is 6.04 Å². The molecule has 0 aromatic carbocycles. The Hall–Kier alpha value is -1.26. The molecule has 0 aromatic rings. The van der Waals surface area contributed by atoms with Crippen LogP contribution in [-0.4, -0.2) is 40.6 Å². The van der Waals surface area contributed by atoms with E-state index in [9.17, 15) is 9.59 Å². The molecule has 114 valence electrons. The number of urea groups is 1. The molecule has 0 aromatic heterocycles. The second-order valence-corrected chi connectivity index (χ2v) is 6.08. The van der Waals surface area contributed by atoms with Crippen molar-refractivity contribution >= 4 is 12.0 Å². The van der Waals surface area contributed by atoms with Crippen LogP contribution in [0.25, 0.3) is 0 Å². The third-order valence-electron chi connectivity index (χ3n) is 4.68. The van der Waals surface area contributed by atoms with Gasteiger partial charge in [0.15, 0.2) is 0 Å². The van der Waals surface area contributed by atoms with Gasteiger partial charge >= 0.3 is 12.0 Å². The summed E-state index contributed by atoms with van der Waals surface area (Å²) in [5, 5.41) is 11.9. The minimum atomic E-state index is -0.933. The SMILES string of the molecule is CCC[C@H](NC(=O)N1CCCC2CCCCC21)C(=O)O. The molecule has 3 atom stereocenters. The number of carboxylic acid groups (broad SMARTS) is 1. The quantitative estimate of drug-likeness (QED) is 0.832. The Labute approximate surface area is 120 Å². The van der Waals surface area contributed by atoms with Crippen LogP contribution in [-0.2, 0) is 4.79 Å². The van der Waals surface area contributed by atoms with E-state index in [4.69, 9.17) is 5.11 Å². The summed E-state index contributed by atoms with van der Waals surface area (Å²) in [6.07, 6.45) is 8.24. The van der Waals surface area contributed by atoms with Crippen molar-refractivity contribution in [3.05, 3.63) is 0 Å². The van der Waals surface area contributed by atoms with E-state index in [0.717, 1.165) is 25.8 Å². The van der Waals surface area contributed by atoms with Gasteiger partial charge in [0.05, 0.1) is 0 Å². The predicted molar refractivity (Wildman–Crippen MR) is 76.5 cm³/mol. The molecule has 2 fully saturated rings. The lowest BCUT2D eigenvalue weighted by Crippen LogP contribution is -2.55. The average molecular weight is 282 g/mol. The topological polar surface area (TPSA) is 69.6 Å². The maximum atomic E-state index is 12.4. The fourth-order valence-corrected chi connectivity index (χ4v) is 3.65. The lowest BCUT2D eigenvalue weighted by molar-refractivity contribution is -0.139. The number of piperidine rings is 1. The lowest BCUT2D eigenvalue weighted by Gasteiger charge is -2.44. The molecule has 0 radical (unpaired) electrons. The van der Waals surface area contributed by atoms with Gasteiger partial charge in [0, 0.05) is 12.6 Å². The first kappa shape index (κ1) is 15.1. The van der Waals surface area contributed by atoms with Crippen molar-refractivity contribution in [2.24, 2.45) is 5.92 Å². The largest absolute Gasteiger partial charge is 0.480 e. The van der Waals surface area contributed by atoms with Crippen molar-refractivity contribution < 1.29 is 14.7 Å². The van der Waals surface area contributed by atoms with Crippen LogP contribution in [0.2, 0.25) is 0 Å². The number of carboxylic acids is 1. The number of fused-ring (bicyclic) bond motifs is 1. The third kappa shape index (κ3) is 3.44.